The van der Waals surface area contributed by atoms with E-state index in [4.69, 9.17) is 9.78 Å². The average Bonchev–Trinajstić information content (AvgIpc) is 2.89. The van der Waals surface area contributed by atoms with Gasteiger partial charge in [-0.3, -0.25) is 0 Å². The second kappa shape index (κ2) is 6.33. The number of hydrogen-bond acceptors (Lipinski definition) is 4. The molecule has 2 aromatic rings. The van der Waals surface area contributed by atoms with Crippen LogP contribution in [-0.2, 0) is 6.42 Å². The van der Waals surface area contributed by atoms with E-state index >= 15 is 0 Å². The third-order valence-electron chi connectivity index (χ3n) is 3.53. The summed E-state index contributed by atoms with van der Waals surface area (Å²) in [7, 11) is 0. The molecule has 0 fully saturated rings. The van der Waals surface area contributed by atoms with Crippen LogP contribution in [0.1, 0.15) is 54.1 Å². The lowest BCUT2D eigenvalue weighted by Crippen LogP contribution is -1.96. The van der Waals surface area contributed by atoms with Crippen LogP contribution >= 0.6 is 0 Å². The predicted octanol–water partition coefficient (Wildman–Crippen LogP) is 3.68. The van der Waals surface area contributed by atoms with E-state index in [-0.39, 0.29) is 5.92 Å². The molecule has 4 nitrogen and oxygen atoms in total. The maximum atomic E-state index is 8.59. The highest BCUT2D eigenvalue weighted by atomic mass is 16.5. The molecule has 1 unspecified atom stereocenters. The molecule has 4 heteroatoms. The van der Waals surface area contributed by atoms with E-state index in [0.29, 0.717) is 24.6 Å². The molecule has 2 rings (SSSR count). The number of benzene rings is 1. The van der Waals surface area contributed by atoms with Crippen LogP contribution < -0.4 is 0 Å². The molecule has 0 aliphatic rings. The van der Waals surface area contributed by atoms with E-state index < -0.39 is 0 Å². The summed E-state index contributed by atoms with van der Waals surface area (Å²) in [5.74, 6) is 1.46. The van der Waals surface area contributed by atoms with Crippen molar-refractivity contribution < 1.29 is 4.52 Å². The van der Waals surface area contributed by atoms with Gasteiger partial charge in [0.05, 0.1) is 6.07 Å². The van der Waals surface area contributed by atoms with Gasteiger partial charge in [-0.2, -0.15) is 10.2 Å². The van der Waals surface area contributed by atoms with Crippen molar-refractivity contribution in [2.75, 3.05) is 0 Å². The first-order valence-electron chi connectivity index (χ1n) is 6.85. The van der Waals surface area contributed by atoms with E-state index in [9.17, 15) is 0 Å². The number of aromatic nitrogens is 2. The van der Waals surface area contributed by atoms with Crippen molar-refractivity contribution in [1.82, 2.24) is 10.1 Å². The highest BCUT2D eigenvalue weighted by molar-refractivity contribution is 5.31. The van der Waals surface area contributed by atoms with Crippen molar-refractivity contribution in [3.8, 4) is 6.07 Å². The molecule has 0 radical (unpaired) electrons. The summed E-state index contributed by atoms with van der Waals surface area (Å²) in [5, 5.41) is 12.6. The second-order valence-corrected chi connectivity index (χ2v) is 5.24. The highest BCUT2D eigenvalue weighted by Gasteiger charge is 2.14. The number of rotatable bonds is 5. The smallest absolute Gasteiger partial charge is 0.229 e. The Kier molecular flexibility index (Phi) is 4.52. The fraction of sp³-hybridized carbons (Fsp3) is 0.438. The minimum atomic E-state index is 0.135. The summed E-state index contributed by atoms with van der Waals surface area (Å²) in [6.07, 6.45) is 1.94. The third kappa shape index (κ3) is 3.45. The Morgan fingerprint density at radius 1 is 1.30 bits per heavy atom. The fourth-order valence-electron chi connectivity index (χ4n) is 2.04. The van der Waals surface area contributed by atoms with Crippen molar-refractivity contribution in [2.24, 2.45) is 0 Å². The number of hydrogen-bond donors (Lipinski definition) is 0. The lowest BCUT2D eigenvalue weighted by atomic mass is 10.0. The molecule has 0 aliphatic carbocycles. The lowest BCUT2D eigenvalue weighted by molar-refractivity contribution is 0.351. The second-order valence-electron chi connectivity index (χ2n) is 5.24. The van der Waals surface area contributed by atoms with Crippen LogP contribution in [0.2, 0.25) is 0 Å². The third-order valence-corrected chi connectivity index (χ3v) is 3.53. The molecule has 0 saturated heterocycles. The maximum Gasteiger partial charge on any atom is 0.229 e. The Morgan fingerprint density at radius 2 is 2.10 bits per heavy atom. The lowest BCUT2D eigenvalue weighted by Gasteiger charge is -2.03. The number of nitriles is 1. The van der Waals surface area contributed by atoms with Gasteiger partial charge in [0.1, 0.15) is 0 Å². The Labute approximate surface area is 119 Å². The zero-order chi connectivity index (χ0) is 14.5. The molecule has 104 valence electrons. The molecule has 0 bridgehead atoms. The van der Waals surface area contributed by atoms with Gasteiger partial charge in [0.15, 0.2) is 5.82 Å². The maximum absolute atomic E-state index is 8.59. The van der Waals surface area contributed by atoms with Crippen LogP contribution in [0, 0.1) is 25.2 Å². The molecule has 20 heavy (non-hydrogen) atoms. The SMILES string of the molecule is Cc1ccc(Cc2noc(C(C)CCC#N)n2)cc1C. The minimum absolute atomic E-state index is 0.135. The van der Waals surface area contributed by atoms with Crippen molar-refractivity contribution in [1.29, 1.82) is 5.26 Å². The van der Waals surface area contributed by atoms with Gasteiger partial charge >= 0.3 is 0 Å². The van der Waals surface area contributed by atoms with Crippen molar-refractivity contribution in [2.45, 2.75) is 46.0 Å². The van der Waals surface area contributed by atoms with Crippen LogP contribution in [0.3, 0.4) is 0 Å². The summed E-state index contributed by atoms with van der Waals surface area (Å²) in [6.45, 7) is 6.21. The monoisotopic (exact) mass is 269 g/mol. The van der Waals surface area contributed by atoms with E-state index in [1.165, 1.54) is 16.7 Å². The van der Waals surface area contributed by atoms with Crippen molar-refractivity contribution >= 4 is 0 Å². The normalized spacial score (nSPS) is 12.1. The summed E-state index contributed by atoms with van der Waals surface area (Å²) in [6, 6.07) is 8.50. The molecule has 1 atom stereocenters. The zero-order valence-corrected chi connectivity index (χ0v) is 12.2. The fourth-order valence-corrected chi connectivity index (χ4v) is 2.04. The van der Waals surface area contributed by atoms with E-state index in [1.807, 2.05) is 6.92 Å². The summed E-state index contributed by atoms with van der Waals surface area (Å²) >= 11 is 0. The quantitative estimate of drug-likeness (QED) is 0.830. The van der Waals surface area contributed by atoms with Gasteiger partial charge in [0, 0.05) is 18.8 Å². The van der Waals surface area contributed by atoms with Gasteiger partial charge in [0.25, 0.3) is 0 Å². The Hall–Kier alpha value is -2.15. The molecule has 0 N–H and O–H groups in total. The van der Waals surface area contributed by atoms with Crippen LogP contribution in [0.5, 0.6) is 0 Å². The zero-order valence-electron chi connectivity index (χ0n) is 12.2. The van der Waals surface area contributed by atoms with Gasteiger partial charge in [-0.25, -0.2) is 0 Å². The first kappa shape index (κ1) is 14.3. The van der Waals surface area contributed by atoms with Gasteiger partial charge < -0.3 is 4.52 Å². The van der Waals surface area contributed by atoms with E-state index in [1.54, 1.807) is 0 Å². The number of aryl methyl sites for hydroxylation is 2. The van der Waals surface area contributed by atoms with Crippen LogP contribution in [0.4, 0.5) is 0 Å². The highest BCUT2D eigenvalue weighted by Crippen LogP contribution is 2.19. The Balaban J connectivity index is 2.05. The molecule has 1 heterocycles. The van der Waals surface area contributed by atoms with Gasteiger partial charge in [-0.1, -0.05) is 30.3 Å². The molecule has 0 saturated carbocycles. The molecular formula is C16H19N3O. The molecule has 0 amide bonds. The largest absolute Gasteiger partial charge is 0.339 e. The van der Waals surface area contributed by atoms with E-state index in [0.717, 1.165) is 6.42 Å². The molecule has 0 aliphatic heterocycles. The summed E-state index contributed by atoms with van der Waals surface area (Å²) in [5.41, 5.74) is 3.74. The van der Waals surface area contributed by atoms with Crippen LogP contribution in [0.15, 0.2) is 22.7 Å². The standard InChI is InChI=1S/C16H19N3O/c1-11-6-7-14(9-13(11)3)10-15-18-16(20-19-15)12(2)5-4-8-17/h6-7,9,12H,4-5,10H2,1-3H3. The summed E-state index contributed by atoms with van der Waals surface area (Å²) < 4.78 is 5.28. The van der Waals surface area contributed by atoms with Crippen LogP contribution in [-0.4, -0.2) is 10.1 Å². The molecular weight excluding hydrogens is 250 g/mol. The topological polar surface area (TPSA) is 62.7 Å². The Bertz CT molecular complexity index is 625. The first-order valence-corrected chi connectivity index (χ1v) is 6.85. The average molecular weight is 269 g/mol. The molecule has 1 aromatic heterocycles. The van der Waals surface area contributed by atoms with Gasteiger partial charge in [0.2, 0.25) is 5.89 Å². The van der Waals surface area contributed by atoms with Gasteiger partial charge in [-0.15, -0.1) is 0 Å². The number of nitrogens with zero attached hydrogens (tertiary/aromatic N) is 3. The van der Waals surface area contributed by atoms with Crippen molar-refractivity contribution in [3.05, 3.63) is 46.6 Å². The predicted molar refractivity (Wildman–Crippen MR) is 76.3 cm³/mol. The summed E-state index contributed by atoms with van der Waals surface area (Å²) in [4.78, 5) is 4.42. The van der Waals surface area contributed by atoms with Gasteiger partial charge in [-0.05, 0) is 37.0 Å². The molecule has 1 aromatic carbocycles. The van der Waals surface area contributed by atoms with Crippen molar-refractivity contribution in [3.63, 3.8) is 0 Å². The molecule has 0 spiro atoms. The Morgan fingerprint density at radius 3 is 2.80 bits per heavy atom. The first-order chi connectivity index (χ1) is 9.60. The van der Waals surface area contributed by atoms with Crippen LogP contribution in [0.25, 0.3) is 0 Å². The van der Waals surface area contributed by atoms with E-state index in [2.05, 4.69) is 48.3 Å². The minimum Gasteiger partial charge on any atom is -0.339 e.